The van der Waals surface area contributed by atoms with E-state index in [0.29, 0.717) is 16.3 Å². The maximum Gasteiger partial charge on any atom is 0.306 e. The second kappa shape index (κ2) is 7.93. The number of rotatable bonds is 6. The molecule has 0 aliphatic rings. The second-order valence-corrected chi connectivity index (χ2v) is 5.68. The molecule has 6 heteroatoms. The topological polar surface area (TPSA) is 76.5 Å². The third-order valence-electron chi connectivity index (χ3n) is 3.40. The van der Waals surface area contributed by atoms with Gasteiger partial charge < -0.3 is 9.84 Å². The smallest absolute Gasteiger partial charge is 0.306 e. The fraction of sp³-hybridized carbons (Fsp3) is 0.278. The Hall–Kier alpha value is -2.40. The minimum Gasteiger partial charge on any atom is -0.506 e. The quantitative estimate of drug-likeness (QED) is 0.632. The Kier molecular flexibility index (Phi) is 5.93. The maximum absolute atomic E-state index is 12.2. The molecule has 126 valence electrons. The fourth-order valence-electron chi connectivity index (χ4n) is 2.21. The van der Waals surface area contributed by atoms with Gasteiger partial charge in [-0.1, -0.05) is 23.2 Å². The molecule has 24 heavy (non-hydrogen) atoms. The molecule has 2 aromatic rings. The largest absolute Gasteiger partial charge is 0.506 e. The van der Waals surface area contributed by atoms with Crippen LogP contribution in [0.4, 0.5) is 0 Å². The fourth-order valence-corrected chi connectivity index (χ4v) is 2.42. The Morgan fingerprint density at radius 1 is 1.21 bits per heavy atom. The van der Waals surface area contributed by atoms with Gasteiger partial charge >= 0.3 is 5.97 Å². The highest BCUT2D eigenvalue weighted by molar-refractivity contribution is 6.33. The number of hydrogen-bond donors (Lipinski definition) is 1. The van der Waals surface area contributed by atoms with E-state index in [9.17, 15) is 14.7 Å². The van der Waals surface area contributed by atoms with Crippen LogP contribution in [0.2, 0.25) is 5.02 Å². The molecule has 0 aliphatic heterocycles. The van der Waals surface area contributed by atoms with Crippen molar-refractivity contribution in [3.63, 3.8) is 0 Å². The molecule has 2 rings (SSSR count). The number of ether oxygens (including phenoxy) is 1. The molecule has 1 aromatic carbocycles. The number of esters is 1. The molecule has 1 aromatic heterocycles. The lowest BCUT2D eigenvalue weighted by molar-refractivity contribution is -0.143. The first-order chi connectivity index (χ1) is 11.4. The van der Waals surface area contributed by atoms with Crippen LogP contribution in [0.3, 0.4) is 0 Å². The zero-order valence-electron chi connectivity index (χ0n) is 13.5. The Balaban J connectivity index is 2.27. The van der Waals surface area contributed by atoms with Gasteiger partial charge in [0.25, 0.3) is 0 Å². The minimum atomic E-state index is -0.455. The third-order valence-corrected chi connectivity index (χ3v) is 3.73. The Bertz CT molecular complexity index is 774. The Morgan fingerprint density at radius 3 is 2.67 bits per heavy atom. The molecule has 0 amide bonds. The summed E-state index contributed by atoms with van der Waals surface area (Å²) in [5.41, 5.74) is 2.09. The van der Waals surface area contributed by atoms with Crippen LogP contribution in [0.15, 0.2) is 30.3 Å². The van der Waals surface area contributed by atoms with Crippen LogP contribution in [0.1, 0.15) is 35.8 Å². The Labute approximate surface area is 145 Å². The molecule has 0 bridgehead atoms. The molecule has 0 radical (unpaired) electrons. The lowest BCUT2D eigenvalue weighted by Gasteiger charge is -2.09. The van der Waals surface area contributed by atoms with Crippen LogP contribution in [0.25, 0.3) is 11.3 Å². The zero-order valence-corrected chi connectivity index (χ0v) is 14.3. The van der Waals surface area contributed by atoms with E-state index in [-0.39, 0.29) is 30.9 Å². The standard InChI is InChI=1S/C18H18ClNO4/c1-3-24-17(23)9-8-16(22)18-15(21)7-6-14(20-18)12-10-11(2)4-5-13(12)19/h4-7,10,21H,3,8-9H2,1-2H3. The molecule has 0 saturated heterocycles. The number of pyridine rings is 1. The number of carbonyl (C=O) groups excluding carboxylic acids is 2. The number of ketones is 1. The van der Waals surface area contributed by atoms with E-state index in [1.54, 1.807) is 19.1 Å². The van der Waals surface area contributed by atoms with E-state index in [4.69, 9.17) is 16.3 Å². The SMILES string of the molecule is CCOC(=O)CCC(=O)c1nc(-c2cc(C)ccc2Cl)ccc1O. The van der Waals surface area contributed by atoms with Crippen molar-refractivity contribution >= 4 is 23.4 Å². The van der Waals surface area contributed by atoms with Crippen LogP contribution in [0, 0.1) is 6.92 Å². The number of halogens is 1. The number of aryl methyl sites for hydroxylation is 1. The molecule has 0 unspecified atom stereocenters. The van der Waals surface area contributed by atoms with Gasteiger partial charge in [0.1, 0.15) is 11.4 Å². The average molecular weight is 348 g/mol. The van der Waals surface area contributed by atoms with Crippen molar-refractivity contribution in [3.05, 3.63) is 46.6 Å². The number of aromatic nitrogens is 1. The van der Waals surface area contributed by atoms with Gasteiger partial charge in [0, 0.05) is 17.0 Å². The van der Waals surface area contributed by atoms with Crippen LogP contribution in [-0.2, 0) is 9.53 Å². The number of carbonyl (C=O) groups is 2. The molecule has 0 saturated carbocycles. The number of benzene rings is 1. The second-order valence-electron chi connectivity index (χ2n) is 5.28. The summed E-state index contributed by atoms with van der Waals surface area (Å²) in [5, 5.41) is 10.4. The monoisotopic (exact) mass is 347 g/mol. The molecule has 0 atom stereocenters. The third kappa shape index (κ3) is 4.32. The normalized spacial score (nSPS) is 10.5. The summed E-state index contributed by atoms with van der Waals surface area (Å²) in [6, 6.07) is 8.48. The highest BCUT2D eigenvalue weighted by atomic mass is 35.5. The van der Waals surface area contributed by atoms with Gasteiger partial charge in [0.05, 0.1) is 18.7 Å². The van der Waals surface area contributed by atoms with Crippen LogP contribution >= 0.6 is 11.6 Å². The van der Waals surface area contributed by atoms with Gasteiger partial charge in [-0.3, -0.25) is 9.59 Å². The molecule has 1 heterocycles. The van der Waals surface area contributed by atoms with Crippen molar-refractivity contribution in [2.45, 2.75) is 26.7 Å². The highest BCUT2D eigenvalue weighted by Crippen LogP contribution is 2.30. The molecular weight excluding hydrogens is 330 g/mol. The van der Waals surface area contributed by atoms with E-state index in [1.165, 1.54) is 6.07 Å². The molecule has 0 aliphatic carbocycles. The van der Waals surface area contributed by atoms with Crippen molar-refractivity contribution in [2.24, 2.45) is 0 Å². The highest BCUT2D eigenvalue weighted by Gasteiger charge is 2.17. The summed E-state index contributed by atoms with van der Waals surface area (Å²) < 4.78 is 4.79. The van der Waals surface area contributed by atoms with Crippen LogP contribution in [0.5, 0.6) is 5.75 Å². The van der Waals surface area contributed by atoms with Gasteiger partial charge in [-0.25, -0.2) is 4.98 Å². The molecule has 0 fully saturated rings. The van der Waals surface area contributed by atoms with E-state index in [2.05, 4.69) is 4.98 Å². The lowest BCUT2D eigenvalue weighted by Crippen LogP contribution is -2.09. The van der Waals surface area contributed by atoms with E-state index >= 15 is 0 Å². The van der Waals surface area contributed by atoms with Gasteiger partial charge in [-0.05, 0) is 38.1 Å². The van der Waals surface area contributed by atoms with Crippen LogP contribution in [-0.4, -0.2) is 28.4 Å². The summed E-state index contributed by atoms with van der Waals surface area (Å²) >= 11 is 6.19. The first kappa shape index (κ1) is 17.9. The zero-order chi connectivity index (χ0) is 17.7. The molecule has 5 nitrogen and oxygen atoms in total. The summed E-state index contributed by atoms with van der Waals surface area (Å²) in [4.78, 5) is 27.8. The van der Waals surface area contributed by atoms with Crippen molar-refractivity contribution < 1.29 is 19.4 Å². The van der Waals surface area contributed by atoms with Crippen molar-refractivity contribution in [1.29, 1.82) is 0 Å². The van der Waals surface area contributed by atoms with Gasteiger partial charge in [-0.15, -0.1) is 0 Å². The number of aromatic hydroxyl groups is 1. The number of Topliss-reactive ketones (excluding diaryl/α,β-unsaturated/α-hetero) is 1. The van der Waals surface area contributed by atoms with E-state index in [0.717, 1.165) is 5.56 Å². The molecule has 0 spiro atoms. The Morgan fingerprint density at radius 2 is 1.96 bits per heavy atom. The van der Waals surface area contributed by atoms with Gasteiger partial charge in [0.2, 0.25) is 0 Å². The van der Waals surface area contributed by atoms with Crippen molar-refractivity contribution in [1.82, 2.24) is 4.98 Å². The van der Waals surface area contributed by atoms with Crippen molar-refractivity contribution in [2.75, 3.05) is 6.61 Å². The van der Waals surface area contributed by atoms with E-state index in [1.807, 2.05) is 19.1 Å². The summed E-state index contributed by atoms with van der Waals surface area (Å²) in [5.74, 6) is -1.11. The van der Waals surface area contributed by atoms with Gasteiger partial charge in [-0.2, -0.15) is 0 Å². The predicted octanol–water partition coefficient (Wildman–Crippen LogP) is 3.94. The molecular formula is C18H18ClNO4. The maximum atomic E-state index is 12.2. The predicted molar refractivity (Wildman–Crippen MR) is 91.3 cm³/mol. The first-order valence-electron chi connectivity index (χ1n) is 7.57. The number of nitrogens with zero attached hydrogens (tertiary/aromatic N) is 1. The summed E-state index contributed by atoms with van der Waals surface area (Å²) in [7, 11) is 0. The first-order valence-corrected chi connectivity index (χ1v) is 7.95. The lowest BCUT2D eigenvalue weighted by atomic mass is 10.1. The number of hydrogen-bond acceptors (Lipinski definition) is 5. The van der Waals surface area contributed by atoms with E-state index < -0.39 is 11.8 Å². The van der Waals surface area contributed by atoms with Gasteiger partial charge in [0.15, 0.2) is 5.78 Å². The average Bonchev–Trinajstić information content (AvgIpc) is 2.56. The van der Waals surface area contributed by atoms with Crippen LogP contribution < -0.4 is 0 Å². The summed E-state index contributed by atoms with van der Waals surface area (Å²) in [6.07, 6.45) is -0.131. The van der Waals surface area contributed by atoms with Crippen molar-refractivity contribution in [3.8, 4) is 17.0 Å². The molecule has 1 N–H and O–H groups in total. The summed E-state index contributed by atoms with van der Waals surface area (Å²) in [6.45, 7) is 3.88. The minimum absolute atomic E-state index is 0.0524.